The number of ether oxygens (including phenoxy) is 1. The largest absolute Gasteiger partial charge is 0.486 e. The van der Waals surface area contributed by atoms with E-state index in [0.717, 1.165) is 35.6 Å². The van der Waals surface area contributed by atoms with Gasteiger partial charge in [0.2, 0.25) is 5.91 Å². The Labute approximate surface area is 158 Å². The number of fused-ring (bicyclic) bond motifs is 1. The molecule has 2 N–H and O–H groups in total. The van der Waals surface area contributed by atoms with Crippen LogP contribution in [0.5, 0.6) is 5.75 Å². The maximum Gasteiger partial charge on any atom is 0.240 e. The third-order valence-corrected chi connectivity index (χ3v) is 4.85. The number of amides is 1. The zero-order valence-corrected chi connectivity index (χ0v) is 15.2. The van der Waals surface area contributed by atoms with E-state index in [1.54, 1.807) is 0 Å². The summed E-state index contributed by atoms with van der Waals surface area (Å²) in [5.74, 6) is 1.52. The predicted octanol–water partition coefficient (Wildman–Crippen LogP) is 2.48. The van der Waals surface area contributed by atoms with E-state index in [4.69, 9.17) is 4.74 Å². The van der Waals surface area contributed by atoms with E-state index in [0.29, 0.717) is 19.2 Å². The first-order valence-corrected chi connectivity index (χ1v) is 9.41. The zero-order valence-electron chi connectivity index (χ0n) is 15.2. The van der Waals surface area contributed by atoms with Gasteiger partial charge in [-0.15, -0.1) is 0 Å². The van der Waals surface area contributed by atoms with Crippen molar-refractivity contribution in [2.75, 3.05) is 13.1 Å². The number of rotatable bonds is 7. The maximum atomic E-state index is 12.5. The first-order chi connectivity index (χ1) is 13.3. The highest BCUT2D eigenvalue weighted by Crippen LogP contribution is 2.18. The SMILES string of the molecule is O=C(Cn1c(COc2ccccc2)nc2ccccc21)NCC1CCCN1. The lowest BCUT2D eigenvalue weighted by Crippen LogP contribution is -2.38. The molecule has 0 aliphatic carbocycles. The normalized spacial score (nSPS) is 16.5. The summed E-state index contributed by atoms with van der Waals surface area (Å²) in [5, 5.41) is 6.43. The second-order valence-corrected chi connectivity index (χ2v) is 6.80. The lowest BCUT2D eigenvalue weighted by atomic mass is 10.2. The van der Waals surface area contributed by atoms with Crippen LogP contribution in [0.4, 0.5) is 0 Å². The molecule has 6 nitrogen and oxygen atoms in total. The molecule has 1 aliphatic heterocycles. The third-order valence-electron chi connectivity index (χ3n) is 4.85. The van der Waals surface area contributed by atoms with Crippen LogP contribution in [0.25, 0.3) is 11.0 Å². The number of nitrogens with zero attached hydrogens (tertiary/aromatic N) is 2. The topological polar surface area (TPSA) is 68.2 Å². The molecule has 1 unspecified atom stereocenters. The van der Waals surface area contributed by atoms with Gasteiger partial charge in [-0.3, -0.25) is 4.79 Å². The Morgan fingerprint density at radius 1 is 1.19 bits per heavy atom. The molecule has 6 heteroatoms. The van der Waals surface area contributed by atoms with Crippen LogP contribution >= 0.6 is 0 Å². The molecule has 2 aromatic carbocycles. The average molecular weight is 364 g/mol. The lowest BCUT2D eigenvalue weighted by molar-refractivity contribution is -0.121. The third kappa shape index (κ3) is 4.28. The fraction of sp³-hybridized carbons (Fsp3) is 0.333. The second kappa shape index (κ2) is 8.22. The smallest absolute Gasteiger partial charge is 0.240 e. The summed E-state index contributed by atoms with van der Waals surface area (Å²) >= 11 is 0. The molecule has 1 atom stereocenters. The first-order valence-electron chi connectivity index (χ1n) is 9.41. The number of imidazole rings is 1. The molecule has 0 radical (unpaired) electrons. The number of hydrogen-bond donors (Lipinski definition) is 2. The molecule has 0 saturated carbocycles. The van der Waals surface area contributed by atoms with Crippen molar-refractivity contribution in [3.8, 4) is 5.75 Å². The standard InChI is InChI=1S/C21H24N4O2/c26-21(23-13-16-7-6-12-22-16)14-25-19-11-5-4-10-18(19)24-20(25)15-27-17-8-2-1-3-9-17/h1-5,8-11,16,22H,6-7,12-15H2,(H,23,26). The van der Waals surface area contributed by atoms with Gasteiger partial charge < -0.3 is 19.9 Å². The van der Waals surface area contributed by atoms with Gasteiger partial charge in [0.25, 0.3) is 0 Å². The summed E-state index contributed by atoms with van der Waals surface area (Å²) in [7, 11) is 0. The predicted molar refractivity (Wildman–Crippen MR) is 105 cm³/mol. The van der Waals surface area contributed by atoms with E-state index in [2.05, 4.69) is 15.6 Å². The fourth-order valence-corrected chi connectivity index (χ4v) is 3.44. The lowest BCUT2D eigenvalue weighted by Gasteiger charge is -2.13. The quantitative estimate of drug-likeness (QED) is 0.676. The zero-order chi connectivity index (χ0) is 18.5. The molecule has 1 amide bonds. The summed E-state index contributed by atoms with van der Waals surface area (Å²) in [6.45, 7) is 2.26. The van der Waals surface area contributed by atoms with Crippen molar-refractivity contribution in [2.24, 2.45) is 0 Å². The first kappa shape index (κ1) is 17.5. The highest BCUT2D eigenvalue weighted by molar-refractivity contribution is 5.81. The Hall–Kier alpha value is -2.86. The van der Waals surface area contributed by atoms with Crippen LogP contribution in [-0.2, 0) is 17.9 Å². The van der Waals surface area contributed by atoms with E-state index in [1.807, 2.05) is 59.2 Å². The van der Waals surface area contributed by atoms with Gasteiger partial charge in [-0.05, 0) is 43.7 Å². The van der Waals surface area contributed by atoms with Crippen molar-refractivity contribution in [1.82, 2.24) is 20.2 Å². The van der Waals surface area contributed by atoms with Crippen molar-refractivity contribution in [3.05, 3.63) is 60.4 Å². The highest BCUT2D eigenvalue weighted by Gasteiger charge is 2.17. The van der Waals surface area contributed by atoms with Crippen LogP contribution in [0.2, 0.25) is 0 Å². The molecular formula is C21H24N4O2. The molecule has 27 heavy (non-hydrogen) atoms. The molecule has 1 fully saturated rings. The van der Waals surface area contributed by atoms with E-state index in [-0.39, 0.29) is 12.5 Å². The number of hydrogen-bond acceptors (Lipinski definition) is 4. The summed E-state index contributed by atoms with van der Waals surface area (Å²) in [5.41, 5.74) is 1.81. The van der Waals surface area contributed by atoms with E-state index in [9.17, 15) is 4.79 Å². The molecule has 3 aromatic rings. The van der Waals surface area contributed by atoms with Crippen molar-refractivity contribution in [1.29, 1.82) is 0 Å². The van der Waals surface area contributed by atoms with Crippen LogP contribution in [0.1, 0.15) is 18.7 Å². The van der Waals surface area contributed by atoms with E-state index < -0.39 is 0 Å². The molecule has 140 valence electrons. The average Bonchev–Trinajstić information content (AvgIpc) is 3.34. The molecule has 1 aliphatic rings. The van der Waals surface area contributed by atoms with Crippen molar-refractivity contribution in [3.63, 3.8) is 0 Å². The van der Waals surface area contributed by atoms with Gasteiger partial charge in [0.05, 0.1) is 11.0 Å². The Kier molecular flexibility index (Phi) is 5.34. The number of benzene rings is 2. The minimum atomic E-state index is -0.00665. The van der Waals surface area contributed by atoms with E-state index >= 15 is 0 Å². The van der Waals surface area contributed by atoms with Crippen LogP contribution in [0.3, 0.4) is 0 Å². The summed E-state index contributed by atoms with van der Waals surface area (Å²) < 4.78 is 7.80. The van der Waals surface area contributed by atoms with Crippen LogP contribution in [0, 0.1) is 0 Å². The van der Waals surface area contributed by atoms with Gasteiger partial charge in [0, 0.05) is 12.6 Å². The fourth-order valence-electron chi connectivity index (χ4n) is 3.44. The Morgan fingerprint density at radius 3 is 2.81 bits per heavy atom. The summed E-state index contributed by atoms with van der Waals surface area (Å²) in [6, 6.07) is 17.9. The monoisotopic (exact) mass is 364 g/mol. The molecular weight excluding hydrogens is 340 g/mol. The Balaban J connectivity index is 1.48. The number of para-hydroxylation sites is 3. The summed E-state index contributed by atoms with van der Waals surface area (Å²) in [6.07, 6.45) is 2.29. The second-order valence-electron chi connectivity index (χ2n) is 6.80. The molecule has 4 rings (SSSR count). The Bertz CT molecular complexity index is 901. The van der Waals surface area contributed by atoms with Gasteiger partial charge in [0.1, 0.15) is 24.7 Å². The van der Waals surface area contributed by atoms with Crippen LogP contribution in [-0.4, -0.2) is 34.6 Å². The Morgan fingerprint density at radius 2 is 2.00 bits per heavy atom. The van der Waals surface area contributed by atoms with Crippen LogP contribution in [0.15, 0.2) is 54.6 Å². The summed E-state index contributed by atoms with van der Waals surface area (Å²) in [4.78, 5) is 17.2. The van der Waals surface area contributed by atoms with Gasteiger partial charge in [0.15, 0.2) is 0 Å². The highest BCUT2D eigenvalue weighted by atomic mass is 16.5. The number of nitrogens with one attached hydrogen (secondary N) is 2. The number of aromatic nitrogens is 2. The van der Waals surface area contributed by atoms with Crippen molar-refractivity contribution < 1.29 is 9.53 Å². The van der Waals surface area contributed by atoms with Gasteiger partial charge in [-0.2, -0.15) is 0 Å². The van der Waals surface area contributed by atoms with Crippen molar-refractivity contribution in [2.45, 2.75) is 32.0 Å². The van der Waals surface area contributed by atoms with E-state index in [1.165, 1.54) is 6.42 Å². The molecule has 1 saturated heterocycles. The number of carbonyl (C=O) groups excluding carboxylic acids is 1. The molecule has 0 spiro atoms. The van der Waals surface area contributed by atoms with Gasteiger partial charge in [-0.25, -0.2) is 4.98 Å². The number of carbonyl (C=O) groups is 1. The minimum absolute atomic E-state index is 0.00665. The molecule has 0 bridgehead atoms. The van der Waals surface area contributed by atoms with Gasteiger partial charge in [-0.1, -0.05) is 30.3 Å². The van der Waals surface area contributed by atoms with Crippen molar-refractivity contribution >= 4 is 16.9 Å². The maximum absolute atomic E-state index is 12.5. The van der Waals surface area contributed by atoms with Crippen LogP contribution < -0.4 is 15.4 Å². The molecule has 1 aromatic heterocycles. The minimum Gasteiger partial charge on any atom is -0.486 e. The molecule has 2 heterocycles. The van der Waals surface area contributed by atoms with Gasteiger partial charge >= 0.3 is 0 Å².